The number of rotatable bonds is 4. The zero-order valence-corrected chi connectivity index (χ0v) is 14.7. The van der Waals surface area contributed by atoms with Gasteiger partial charge in [-0.2, -0.15) is 0 Å². The molecule has 1 N–H and O–H groups in total. The Bertz CT molecular complexity index is 472. The number of likely N-dealkylation sites (tertiary alicyclic amines) is 2. The van der Waals surface area contributed by atoms with Crippen LogP contribution in [-0.2, 0) is 9.59 Å². The molecule has 0 radical (unpaired) electrons. The first kappa shape index (κ1) is 18.5. The lowest BCUT2D eigenvalue weighted by Crippen LogP contribution is -2.50. The van der Waals surface area contributed by atoms with Gasteiger partial charge in [-0.15, -0.1) is 0 Å². The first-order valence-electron chi connectivity index (χ1n) is 8.88. The van der Waals surface area contributed by atoms with Crippen LogP contribution in [0, 0.1) is 5.92 Å². The van der Waals surface area contributed by atoms with E-state index in [9.17, 15) is 14.4 Å². The maximum Gasteiger partial charge on any atom is 0.319 e. The number of piperidine rings is 2. The smallest absolute Gasteiger partial charge is 0.319 e. The van der Waals surface area contributed by atoms with Crippen LogP contribution >= 0.6 is 0 Å². The minimum atomic E-state index is -0.802. The lowest BCUT2D eigenvalue weighted by atomic mass is 9.91. The third-order valence-electron chi connectivity index (χ3n) is 5.10. The number of carbonyl (C=O) groups is 3. The third kappa shape index (κ3) is 4.61. The summed E-state index contributed by atoms with van der Waals surface area (Å²) in [5, 5.41) is 8.90. The predicted molar refractivity (Wildman–Crippen MR) is 89.6 cm³/mol. The first-order valence-corrected chi connectivity index (χ1v) is 8.88. The molecule has 136 valence electrons. The fourth-order valence-electron chi connectivity index (χ4n) is 3.72. The summed E-state index contributed by atoms with van der Waals surface area (Å²) in [7, 11) is 3.47. The van der Waals surface area contributed by atoms with E-state index in [-0.39, 0.29) is 30.3 Å². The normalized spacial score (nSPS) is 22.3. The average Bonchev–Trinajstić information content (AvgIpc) is 2.59. The average molecular weight is 339 g/mol. The molecule has 0 saturated carbocycles. The molecule has 1 atom stereocenters. The van der Waals surface area contributed by atoms with Crippen LogP contribution in [0.2, 0.25) is 0 Å². The summed E-state index contributed by atoms with van der Waals surface area (Å²) in [6.07, 6.45) is 5.00. The molecule has 3 amide bonds. The second kappa shape index (κ2) is 8.35. The van der Waals surface area contributed by atoms with Gasteiger partial charge in [-0.3, -0.25) is 9.59 Å². The first-order chi connectivity index (χ1) is 11.4. The Morgan fingerprint density at radius 3 is 2.29 bits per heavy atom. The van der Waals surface area contributed by atoms with Crippen molar-refractivity contribution in [3.05, 3.63) is 0 Å². The standard InChI is InChI=1S/C17H29N3O4/c1-18(2)17(24)19-11-8-13(9-12-19)16(23)20-10-4-3-5-14(20)6-7-15(21)22/h13-14H,3-12H2,1-2H3,(H,21,22). The van der Waals surface area contributed by atoms with Crippen LogP contribution in [0.15, 0.2) is 0 Å². The number of carboxylic acid groups (broad SMARTS) is 1. The molecular weight excluding hydrogens is 310 g/mol. The Labute approximate surface area is 143 Å². The lowest BCUT2D eigenvalue weighted by Gasteiger charge is -2.40. The number of hydrogen-bond donors (Lipinski definition) is 1. The highest BCUT2D eigenvalue weighted by Crippen LogP contribution is 2.27. The fourth-order valence-corrected chi connectivity index (χ4v) is 3.72. The van der Waals surface area contributed by atoms with E-state index in [1.807, 2.05) is 4.90 Å². The van der Waals surface area contributed by atoms with Crippen molar-refractivity contribution in [3.8, 4) is 0 Å². The van der Waals surface area contributed by atoms with Gasteiger partial charge in [0.1, 0.15) is 0 Å². The highest BCUT2D eigenvalue weighted by atomic mass is 16.4. The van der Waals surface area contributed by atoms with Crippen LogP contribution in [0.5, 0.6) is 0 Å². The molecule has 1 unspecified atom stereocenters. The molecule has 2 saturated heterocycles. The molecule has 7 heteroatoms. The molecule has 2 aliphatic heterocycles. The van der Waals surface area contributed by atoms with Crippen LogP contribution in [0.25, 0.3) is 0 Å². The zero-order valence-electron chi connectivity index (χ0n) is 14.7. The third-order valence-corrected chi connectivity index (χ3v) is 5.10. The van der Waals surface area contributed by atoms with E-state index >= 15 is 0 Å². The van der Waals surface area contributed by atoms with Gasteiger partial charge in [-0.05, 0) is 38.5 Å². The number of aliphatic carboxylic acids is 1. The van der Waals surface area contributed by atoms with Crippen molar-refractivity contribution in [3.63, 3.8) is 0 Å². The summed E-state index contributed by atoms with van der Waals surface area (Å²) in [6, 6.07) is 0.0574. The van der Waals surface area contributed by atoms with E-state index in [4.69, 9.17) is 5.11 Å². The van der Waals surface area contributed by atoms with Crippen LogP contribution in [-0.4, -0.2) is 77.5 Å². The summed E-state index contributed by atoms with van der Waals surface area (Å²) >= 11 is 0. The number of amides is 3. The van der Waals surface area contributed by atoms with Gasteiger partial charge < -0.3 is 19.8 Å². The van der Waals surface area contributed by atoms with Gasteiger partial charge in [0.05, 0.1) is 0 Å². The minimum Gasteiger partial charge on any atom is -0.481 e. The van der Waals surface area contributed by atoms with Gasteiger partial charge in [0.2, 0.25) is 5.91 Å². The highest BCUT2D eigenvalue weighted by molar-refractivity contribution is 5.80. The summed E-state index contributed by atoms with van der Waals surface area (Å²) in [4.78, 5) is 41.0. The zero-order chi connectivity index (χ0) is 17.7. The van der Waals surface area contributed by atoms with Gasteiger partial charge >= 0.3 is 12.0 Å². The van der Waals surface area contributed by atoms with Gasteiger partial charge in [-0.1, -0.05) is 0 Å². The quantitative estimate of drug-likeness (QED) is 0.844. The Morgan fingerprint density at radius 1 is 1.04 bits per heavy atom. The second-order valence-corrected chi connectivity index (χ2v) is 7.05. The van der Waals surface area contributed by atoms with Crippen LogP contribution in [0.4, 0.5) is 4.79 Å². The van der Waals surface area contributed by atoms with Crippen molar-refractivity contribution in [2.24, 2.45) is 5.92 Å². The predicted octanol–water partition coefficient (Wildman–Crippen LogP) is 1.63. The Hall–Kier alpha value is -1.79. The Balaban J connectivity index is 1.90. The van der Waals surface area contributed by atoms with Crippen molar-refractivity contribution in [2.45, 2.75) is 51.0 Å². The van der Waals surface area contributed by atoms with Gasteiger partial charge in [-0.25, -0.2) is 4.79 Å². The largest absolute Gasteiger partial charge is 0.481 e. The molecule has 2 fully saturated rings. The van der Waals surface area contributed by atoms with Crippen molar-refractivity contribution >= 4 is 17.9 Å². The fraction of sp³-hybridized carbons (Fsp3) is 0.824. The van der Waals surface area contributed by atoms with Gasteiger partial charge in [0.25, 0.3) is 0 Å². The van der Waals surface area contributed by atoms with Crippen molar-refractivity contribution in [2.75, 3.05) is 33.7 Å². The molecular formula is C17H29N3O4. The van der Waals surface area contributed by atoms with E-state index in [1.165, 1.54) is 0 Å². The molecule has 2 heterocycles. The maximum atomic E-state index is 12.9. The number of nitrogens with zero attached hydrogens (tertiary/aromatic N) is 3. The highest BCUT2D eigenvalue weighted by Gasteiger charge is 2.34. The van der Waals surface area contributed by atoms with E-state index in [0.29, 0.717) is 32.4 Å². The molecule has 0 aromatic heterocycles. The Morgan fingerprint density at radius 2 is 1.71 bits per heavy atom. The molecule has 2 aliphatic rings. The molecule has 2 rings (SSSR count). The van der Waals surface area contributed by atoms with E-state index in [1.54, 1.807) is 23.9 Å². The van der Waals surface area contributed by atoms with Crippen LogP contribution in [0.3, 0.4) is 0 Å². The molecule has 0 aromatic carbocycles. The SMILES string of the molecule is CN(C)C(=O)N1CCC(C(=O)N2CCCCC2CCC(=O)O)CC1. The van der Waals surface area contributed by atoms with Gasteiger partial charge in [0, 0.05) is 52.1 Å². The van der Waals surface area contributed by atoms with Gasteiger partial charge in [0.15, 0.2) is 0 Å². The number of hydrogen-bond acceptors (Lipinski definition) is 3. The molecule has 7 nitrogen and oxygen atoms in total. The van der Waals surface area contributed by atoms with E-state index in [2.05, 4.69) is 0 Å². The van der Waals surface area contributed by atoms with Crippen LogP contribution < -0.4 is 0 Å². The number of carbonyl (C=O) groups excluding carboxylic acids is 2. The minimum absolute atomic E-state index is 0.00166. The maximum absolute atomic E-state index is 12.9. The topological polar surface area (TPSA) is 81.2 Å². The van der Waals surface area contributed by atoms with E-state index in [0.717, 1.165) is 25.8 Å². The second-order valence-electron chi connectivity index (χ2n) is 7.05. The van der Waals surface area contributed by atoms with Crippen molar-refractivity contribution in [1.29, 1.82) is 0 Å². The molecule has 0 aromatic rings. The monoisotopic (exact) mass is 339 g/mol. The number of urea groups is 1. The number of carboxylic acids is 1. The summed E-state index contributed by atoms with van der Waals surface area (Å²) in [6.45, 7) is 1.96. The van der Waals surface area contributed by atoms with Crippen molar-refractivity contribution < 1.29 is 19.5 Å². The molecule has 24 heavy (non-hydrogen) atoms. The van der Waals surface area contributed by atoms with Crippen LogP contribution in [0.1, 0.15) is 44.9 Å². The van der Waals surface area contributed by atoms with E-state index < -0.39 is 5.97 Å². The molecule has 0 aliphatic carbocycles. The van der Waals surface area contributed by atoms with Crippen molar-refractivity contribution in [1.82, 2.24) is 14.7 Å². The summed E-state index contributed by atoms with van der Waals surface area (Å²) in [5.41, 5.74) is 0. The summed E-state index contributed by atoms with van der Waals surface area (Å²) < 4.78 is 0. The molecule has 0 bridgehead atoms. The molecule has 0 spiro atoms. The Kier molecular flexibility index (Phi) is 6.45. The summed E-state index contributed by atoms with van der Waals surface area (Å²) in [5.74, 6) is -0.688. The lowest BCUT2D eigenvalue weighted by molar-refractivity contribution is -0.143.